The molecule has 19 heavy (non-hydrogen) atoms. The van der Waals surface area contributed by atoms with Crippen molar-refractivity contribution >= 4 is 10.9 Å². The third-order valence-electron chi connectivity index (χ3n) is 3.68. The number of aryl methyl sites for hydroxylation is 1. The van der Waals surface area contributed by atoms with E-state index in [1.165, 1.54) is 5.56 Å². The summed E-state index contributed by atoms with van der Waals surface area (Å²) in [5.74, 6) is 0.242. The minimum atomic E-state index is 0.0590. The predicted octanol–water partition coefficient (Wildman–Crippen LogP) is 4.26. The van der Waals surface area contributed by atoms with Crippen molar-refractivity contribution in [2.24, 2.45) is 0 Å². The Kier molecular flexibility index (Phi) is 3.29. The number of fused-ring (bicyclic) bond motifs is 1. The van der Waals surface area contributed by atoms with E-state index in [-0.39, 0.29) is 16.8 Å². The van der Waals surface area contributed by atoms with Crippen molar-refractivity contribution in [2.75, 3.05) is 0 Å². The summed E-state index contributed by atoms with van der Waals surface area (Å²) in [6, 6.07) is 6.17. The van der Waals surface area contributed by atoms with E-state index in [0.717, 1.165) is 22.2 Å². The molecule has 0 unspecified atom stereocenters. The fourth-order valence-corrected chi connectivity index (χ4v) is 2.59. The normalized spacial score (nSPS) is 12.4. The number of H-pyrrole nitrogens is 1. The molecule has 102 valence electrons. The van der Waals surface area contributed by atoms with Crippen LogP contribution < -0.4 is 5.43 Å². The van der Waals surface area contributed by atoms with Gasteiger partial charge in [0, 0.05) is 22.2 Å². The third-order valence-corrected chi connectivity index (χ3v) is 3.68. The highest BCUT2D eigenvalue weighted by Crippen LogP contribution is 2.25. The Morgan fingerprint density at radius 1 is 1.16 bits per heavy atom. The smallest absolute Gasteiger partial charge is 0.193 e. The second-order valence-electron chi connectivity index (χ2n) is 6.66. The average molecular weight is 257 g/mol. The molecule has 0 atom stereocenters. The second kappa shape index (κ2) is 4.52. The highest BCUT2D eigenvalue weighted by Gasteiger charge is 2.17. The Hall–Kier alpha value is -1.57. The van der Waals surface area contributed by atoms with Crippen molar-refractivity contribution in [1.29, 1.82) is 0 Å². The molecular formula is C17H23NO. The zero-order valence-electron chi connectivity index (χ0n) is 12.7. The average Bonchev–Trinajstić information content (AvgIpc) is 2.26. The maximum atomic E-state index is 12.6. The van der Waals surface area contributed by atoms with Gasteiger partial charge in [-0.1, -0.05) is 40.7 Å². The van der Waals surface area contributed by atoms with Crippen LogP contribution in [0.4, 0.5) is 0 Å². The molecule has 0 aliphatic heterocycles. The van der Waals surface area contributed by atoms with Gasteiger partial charge in [-0.2, -0.15) is 0 Å². The third kappa shape index (κ3) is 2.44. The first-order valence-corrected chi connectivity index (χ1v) is 6.89. The number of benzene rings is 1. The quantitative estimate of drug-likeness (QED) is 0.813. The maximum Gasteiger partial charge on any atom is 0.193 e. The summed E-state index contributed by atoms with van der Waals surface area (Å²) in [5, 5.41) is 0.807. The molecule has 0 bridgehead atoms. The van der Waals surface area contributed by atoms with Gasteiger partial charge in [0.15, 0.2) is 5.43 Å². The summed E-state index contributed by atoms with van der Waals surface area (Å²) in [4.78, 5) is 16.0. The molecule has 2 heteroatoms. The zero-order valence-corrected chi connectivity index (χ0v) is 12.7. The van der Waals surface area contributed by atoms with E-state index in [1.54, 1.807) is 0 Å². The molecule has 2 nitrogen and oxygen atoms in total. The van der Waals surface area contributed by atoms with Gasteiger partial charge in [-0.15, -0.1) is 0 Å². The molecule has 0 spiro atoms. The Labute approximate surface area is 114 Å². The number of rotatable bonds is 1. The van der Waals surface area contributed by atoms with E-state index in [4.69, 9.17) is 0 Å². The molecule has 1 heterocycles. The van der Waals surface area contributed by atoms with Gasteiger partial charge in [0.2, 0.25) is 0 Å². The molecule has 0 aliphatic carbocycles. The molecule has 2 aromatic rings. The minimum absolute atomic E-state index is 0.0590. The molecule has 2 rings (SSSR count). The van der Waals surface area contributed by atoms with Gasteiger partial charge in [-0.25, -0.2) is 0 Å². The molecule has 0 saturated heterocycles. The van der Waals surface area contributed by atoms with Crippen molar-refractivity contribution < 1.29 is 0 Å². The van der Waals surface area contributed by atoms with Crippen LogP contribution in [0.5, 0.6) is 0 Å². The molecule has 1 N–H and O–H groups in total. The number of pyridine rings is 1. The van der Waals surface area contributed by atoms with Crippen LogP contribution in [0.2, 0.25) is 0 Å². The lowest BCUT2D eigenvalue weighted by atomic mass is 9.86. The lowest BCUT2D eigenvalue weighted by molar-refractivity contribution is 0.591. The highest BCUT2D eigenvalue weighted by atomic mass is 16.1. The number of hydrogen-bond donors (Lipinski definition) is 1. The summed E-state index contributed by atoms with van der Waals surface area (Å²) in [7, 11) is 0. The monoisotopic (exact) mass is 257 g/mol. The summed E-state index contributed by atoms with van der Waals surface area (Å²) >= 11 is 0. The predicted molar refractivity (Wildman–Crippen MR) is 82.1 cm³/mol. The fraction of sp³-hybridized carbons (Fsp3) is 0.471. The van der Waals surface area contributed by atoms with Crippen LogP contribution in [-0.2, 0) is 5.41 Å². The lowest BCUT2D eigenvalue weighted by Crippen LogP contribution is -2.17. The number of aromatic amines is 1. The van der Waals surface area contributed by atoms with E-state index in [9.17, 15) is 4.79 Å². The van der Waals surface area contributed by atoms with Crippen molar-refractivity contribution in [3.05, 3.63) is 45.2 Å². The second-order valence-corrected chi connectivity index (χ2v) is 6.66. The van der Waals surface area contributed by atoms with Crippen LogP contribution in [-0.4, -0.2) is 4.98 Å². The van der Waals surface area contributed by atoms with Crippen molar-refractivity contribution in [3.8, 4) is 0 Å². The van der Waals surface area contributed by atoms with Gasteiger partial charge in [0.05, 0.1) is 0 Å². The first-order valence-electron chi connectivity index (χ1n) is 6.89. The van der Waals surface area contributed by atoms with Gasteiger partial charge in [0.25, 0.3) is 0 Å². The van der Waals surface area contributed by atoms with Crippen LogP contribution in [0.15, 0.2) is 23.0 Å². The Balaban J connectivity index is 2.82. The Bertz CT molecular complexity index is 672. The van der Waals surface area contributed by atoms with Crippen LogP contribution in [0.3, 0.4) is 0 Å². The first-order chi connectivity index (χ1) is 8.71. The van der Waals surface area contributed by atoms with E-state index in [0.29, 0.717) is 0 Å². The molecule has 0 radical (unpaired) electrons. The number of aromatic nitrogens is 1. The topological polar surface area (TPSA) is 32.9 Å². The molecule has 0 aliphatic rings. The number of hydrogen-bond acceptors (Lipinski definition) is 1. The highest BCUT2D eigenvalue weighted by molar-refractivity contribution is 5.80. The van der Waals surface area contributed by atoms with Crippen LogP contribution in [0.25, 0.3) is 10.9 Å². The molecule has 1 aromatic heterocycles. The summed E-state index contributed by atoms with van der Waals surface area (Å²) < 4.78 is 0. The van der Waals surface area contributed by atoms with Gasteiger partial charge in [-0.05, 0) is 36.0 Å². The summed E-state index contributed by atoms with van der Waals surface area (Å²) in [6.07, 6.45) is 0. The standard InChI is InChI=1S/C17H23NO/c1-10(2)15-11(3)18-14-8-7-12(17(4,5)6)9-13(14)16(15)19/h7-10H,1-6H3,(H,18,19). The van der Waals surface area contributed by atoms with E-state index in [2.05, 4.69) is 45.7 Å². The van der Waals surface area contributed by atoms with Gasteiger partial charge in [-0.3, -0.25) is 4.79 Å². The lowest BCUT2D eigenvalue weighted by Gasteiger charge is -2.20. The van der Waals surface area contributed by atoms with E-state index in [1.807, 2.05) is 19.1 Å². The Morgan fingerprint density at radius 3 is 2.32 bits per heavy atom. The van der Waals surface area contributed by atoms with Crippen molar-refractivity contribution in [3.63, 3.8) is 0 Å². The summed E-state index contributed by atoms with van der Waals surface area (Å²) in [6.45, 7) is 12.6. The van der Waals surface area contributed by atoms with Crippen molar-refractivity contribution in [2.45, 2.75) is 52.9 Å². The first kappa shape index (κ1) is 13.9. The van der Waals surface area contributed by atoms with Gasteiger partial charge < -0.3 is 4.98 Å². The van der Waals surface area contributed by atoms with Crippen LogP contribution in [0.1, 0.15) is 57.4 Å². The molecular weight excluding hydrogens is 234 g/mol. The van der Waals surface area contributed by atoms with Crippen molar-refractivity contribution in [1.82, 2.24) is 4.98 Å². The molecule has 1 aromatic carbocycles. The fourth-order valence-electron chi connectivity index (χ4n) is 2.59. The number of nitrogens with one attached hydrogen (secondary N) is 1. The molecule has 0 saturated carbocycles. The molecule has 0 fully saturated rings. The summed E-state index contributed by atoms with van der Waals surface area (Å²) in [5.41, 5.74) is 4.25. The van der Waals surface area contributed by atoms with Crippen LogP contribution >= 0.6 is 0 Å². The van der Waals surface area contributed by atoms with Gasteiger partial charge in [0.1, 0.15) is 0 Å². The van der Waals surface area contributed by atoms with Gasteiger partial charge >= 0.3 is 0 Å². The molecule has 0 amide bonds. The largest absolute Gasteiger partial charge is 0.358 e. The SMILES string of the molecule is Cc1[nH]c2ccc(C(C)(C)C)cc2c(=O)c1C(C)C. The maximum absolute atomic E-state index is 12.6. The Morgan fingerprint density at radius 2 is 1.79 bits per heavy atom. The zero-order chi connectivity index (χ0) is 14.4. The van der Waals surface area contributed by atoms with E-state index < -0.39 is 0 Å². The van der Waals surface area contributed by atoms with E-state index >= 15 is 0 Å². The minimum Gasteiger partial charge on any atom is -0.358 e. The van der Waals surface area contributed by atoms with Crippen LogP contribution in [0, 0.1) is 6.92 Å².